The second-order valence-electron chi connectivity index (χ2n) is 3.93. The number of rotatable bonds is 7. The van der Waals surface area contributed by atoms with Crippen LogP contribution in [0, 0.1) is 11.8 Å². The van der Waals surface area contributed by atoms with Crippen LogP contribution in [0.1, 0.15) is 58.8 Å². The van der Waals surface area contributed by atoms with Crippen LogP contribution in [0.5, 0.6) is 0 Å². The molecule has 0 aromatic rings. The van der Waals surface area contributed by atoms with Gasteiger partial charge >= 0.3 is 0 Å². The van der Waals surface area contributed by atoms with Gasteiger partial charge in [0.25, 0.3) is 0 Å². The van der Waals surface area contributed by atoms with E-state index in [0.29, 0.717) is 6.42 Å². The first kappa shape index (κ1) is 14.5. The van der Waals surface area contributed by atoms with Crippen molar-refractivity contribution in [3.05, 3.63) is 0 Å². The first-order chi connectivity index (χ1) is 7.20. The average molecular weight is 212 g/mol. The molecule has 0 saturated carbocycles. The minimum absolute atomic E-state index is 0.562. The zero-order valence-electron chi connectivity index (χ0n) is 10.00. The molecular formula is C13H24O2. The molecule has 0 fully saturated rings. The summed E-state index contributed by atoms with van der Waals surface area (Å²) >= 11 is 0. The Morgan fingerprint density at radius 1 is 0.867 bits per heavy atom. The number of unbranched alkanes of at least 4 members (excludes halogenated alkanes) is 4. The van der Waals surface area contributed by atoms with E-state index in [-0.39, 0.29) is 0 Å². The van der Waals surface area contributed by atoms with Gasteiger partial charge in [0.05, 0.1) is 0 Å². The fourth-order valence-corrected chi connectivity index (χ4v) is 1.31. The zero-order chi connectivity index (χ0) is 11.5. The molecule has 0 heterocycles. The van der Waals surface area contributed by atoms with Crippen molar-refractivity contribution < 1.29 is 10.2 Å². The fourth-order valence-electron chi connectivity index (χ4n) is 1.31. The maximum Gasteiger partial charge on any atom is 0.114 e. The summed E-state index contributed by atoms with van der Waals surface area (Å²) in [4.78, 5) is 0. The largest absolute Gasteiger partial charge is 0.380 e. The van der Waals surface area contributed by atoms with Gasteiger partial charge in [-0.15, -0.1) is 0 Å². The molecule has 2 heteroatoms. The number of hydrogen-bond donors (Lipinski definition) is 2. The SMILES string of the molecule is CCCCCCCC(O)C#CC(O)CC. The van der Waals surface area contributed by atoms with Crippen molar-refractivity contribution in [3.63, 3.8) is 0 Å². The van der Waals surface area contributed by atoms with Crippen LogP contribution >= 0.6 is 0 Å². The van der Waals surface area contributed by atoms with E-state index >= 15 is 0 Å². The monoisotopic (exact) mass is 212 g/mol. The molecule has 0 bridgehead atoms. The Kier molecular flexibility index (Phi) is 9.67. The van der Waals surface area contributed by atoms with Gasteiger partial charge in [0.15, 0.2) is 0 Å². The third kappa shape index (κ3) is 9.78. The quantitative estimate of drug-likeness (QED) is 0.503. The molecule has 2 unspecified atom stereocenters. The van der Waals surface area contributed by atoms with Crippen molar-refractivity contribution in [2.75, 3.05) is 0 Å². The number of aliphatic hydroxyl groups excluding tert-OH is 2. The maximum atomic E-state index is 9.47. The molecule has 0 aliphatic heterocycles. The van der Waals surface area contributed by atoms with Crippen LogP contribution in [0.25, 0.3) is 0 Å². The highest BCUT2D eigenvalue weighted by atomic mass is 16.3. The van der Waals surface area contributed by atoms with Gasteiger partial charge in [-0.25, -0.2) is 0 Å². The molecule has 0 amide bonds. The Morgan fingerprint density at radius 2 is 1.47 bits per heavy atom. The van der Waals surface area contributed by atoms with Crippen molar-refractivity contribution in [3.8, 4) is 11.8 Å². The van der Waals surface area contributed by atoms with E-state index in [4.69, 9.17) is 5.11 Å². The Bertz CT molecular complexity index is 190. The van der Waals surface area contributed by atoms with Gasteiger partial charge < -0.3 is 10.2 Å². The molecular weight excluding hydrogens is 188 g/mol. The van der Waals surface area contributed by atoms with Crippen LogP contribution in [0.15, 0.2) is 0 Å². The number of hydrogen-bond acceptors (Lipinski definition) is 2. The van der Waals surface area contributed by atoms with Gasteiger partial charge in [0, 0.05) is 0 Å². The first-order valence-corrected chi connectivity index (χ1v) is 6.07. The van der Waals surface area contributed by atoms with E-state index in [1.165, 1.54) is 25.7 Å². The lowest BCUT2D eigenvalue weighted by Gasteiger charge is -2.03. The first-order valence-electron chi connectivity index (χ1n) is 6.07. The van der Waals surface area contributed by atoms with Crippen molar-refractivity contribution >= 4 is 0 Å². The summed E-state index contributed by atoms with van der Waals surface area (Å²) in [5.41, 5.74) is 0. The Hall–Kier alpha value is -0.520. The highest BCUT2D eigenvalue weighted by Crippen LogP contribution is 2.06. The van der Waals surface area contributed by atoms with Gasteiger partial charge in [-0.2, -0.15) is 0 Å². The van der Waals surface area contributed by atoms with Crippen LogP contribution in [-0.2, 0) is 0 Å². The van der Waals surface area contributed by atoms with Gasteiger partial charge in [0.2, 0.25) is 0 Å². The van der Waals surface area contributed by atoms with E-state index in [9.17, 15) is 5.11 Å². The third-order valence-corrected chi connectivity index (χ3v) is 2.38. The maximum absolute atomic E-state index is 9.47. The molecule has 0 aliphatic carbocycles. The zero-order valence-corrected chi connectivity index (χ0v) is 10.00. The molecule has 0 saturated heterocycles. The van der Waals surface area contributed by atoms with Crippen LogP contribution in [0.3, 0.4) is 0 Å². The third-order valence-electron chi connectivity index (χ3n) is 2.38. The Balaban J connectivity index is 3.46. The molecule has 0 rings (SSSR count). The van der Waals surface area contributed by atoms with Crippen LogP contribution < -0.4 is 0 Å². The topological polar surface area (TPSA) is 40.5 Å². The Morgan fingerprint density at radius 3 is 2.07 bits per heavy atom. The number of aliphatic hydroxyl groups is 2. The van der Waals surface area contributed by atoms with Crippen LogP contribution in [0.4, 0.5) is 0 Å². The van der Waals surface area contributed by atoms with E-state index in [1.807, 2.05) is 6.92 Å². The van der Waals surface area contributed by atoms with E-state index in [0.717, 1.165) is 12.8 Å². The summed E-state index contributed by atoms with van der Waals surface area (Å²) in [5, 5.41) is 18.6. The highest BCUT2D eigenvalue weighted by molar-refractivity contribution is 5.08. The van der Waals surface area contributed by atoms with Crippen molar-refractivity contribution in [2.24, 2.45) is 0 Å². The summed E-state index contributed by atoms with van der Waals surface area (Å²) in [7, 11) is 0. The summed E-state index contributed by atoms with van der Waals surface area (Å²) in [6.07, 6.45) is 6.16. The van der Waals surface area contributed by atoms with Crippen molar-refractivity contribution in [1.29, 1.82) is 0 Å². The molecule has 88 valence electrons. The summed E-state index contributed by atoms with van der Waals surface area (Å²) in [6.45, 7) is 4.06. The molecule has 0 radical (unpaired) electrons. The second kappa shape index (κ2) is 10.0. The molecule has 0 aromatic heterocycles. The minimum atomic E-state index is -0.584. The standard InChI is InChI=1S/C13H24O2/c1-3-5-6-7-8-9-13(15)11-10-12(14)4-2/h12-15H,3-9H2,1-2H3. The lowest BCUT2D eigenvalue weighted by Crippen LogP contribution is -2.06. The normalized spacial score (nSPS) is 14.1. The highest BCUT2D eigenvalue weighted by Gasteiger charge is 1.99. The van der Waals surface area contributed by atoms with Gasteiger partial charge in [-0.05, 0) is 19.3 Å². The van der Waals surface area contributed by atoms with Gasteiger partial charge in [-0.3, -0.25) is 0 Å². The fraction of sp³-hybridized carbons (Fsp3) is 0.846. The van der Waals surface area contributed by atoms with Crippen molar-refractivity contribution in [1.82, 2.24) is 0 Å². The minimum Gasteiger partial charge on any atom is -0.380 e. The summed E-state index contributed by atoms with van der Waals surface area (Å²) in [5.74, 6) is 5.32. The molecule has 2 atom stereocenters. The van der Waals surface area contributed by atoms with E-state index in [1.54, 1.807) is 0 Å². The smallest absolute Gasteiger partial charge is 0.114 e. The van der Waals surface area contributed by atoms with E-state index < -0.39 is 12.2 Å². The molecule has 2 nitrogen and oxygen atoms in total. The van der Waals surface area contributed by atoms with Crippen LogP contribution in [-0.4, -0.2) is 22.4 Å². The average Bonchev–Trinajstić information content (AvgIpc) is 2.25. The second-order valence-corrected chi connectivity index (χ2v) is 3.93. The predicted octanol–water partition coefficient (Wildman–Crippen LogP) is 2.48. The molecule has 2 N–H and O–H groups in total. The van der Waals surface area contributed by atoms with Crippen molar-refractivity contribution in [2.45, 2.75) is 71.0 Å². The van der Waals surface area contributed by atoms with Crippen LogP contribution in [0.2, 0.25) is 0 Å². The molecule has 0 aliphatic rings. The lowest BCUT2D eigenvalue weighted by molar-refractivity contribution is 0.211. The molecule has 15 heavy (non-hydrogen) atoms. The molecule has 0 spiro atoms. The van der Waals surface area contributed by atoms with Gasteiger partial charge in [0.1, 0.15) is 12.2 Å². The van der Waals surface area contributed by atoms with E-state index in [2.05, 4.69) is 18.8 Å². The Labute approximate surface area is 93.7 Å². The summed E-state index contributed by atoms with van der Waals surface area (Å²) < 4.78 is 0. The lowest BCUT2D eigenvalue weighted by atomic mass is 10.1. The molecule has 0 aromatic carbocycles. The predicted molar refractivity (Wildman–Crippen MR) is 63.5 cm³/mol. The summed E-state index contributed by atoms with van der Waals surface area (Å²) in [6, 6.07) is 0. The van der Waals surface area contributed by atoms with Gasteiger partial charge in [-0.1, -0.05) is 51.4 Å².